The summed E-state index contributed by atoms with van der Waals surface area (Å²) in [7, 11) is 0. The van der Waals surface area contributed by atoms with Gasteiger partial charge in [-0.1, -0.05) is 62.4 Å². The van der Waals surface area contributed by atoms with Crippen LogP contribution < -0.4 is 5.32 Å². The number of esters is 4. The van der Waals surface area contributed by atoms with Crippen molar-refractivity contribution in [3.05, 3.63) is 95.1 Å². The van der Waals surface area contributed by atoms with E-state index in [1.807, 2.05) is 24.3 Å². The van der Waals surface area contributed by atoms with Crippen molar-refractivity contribution in [2.45, 2.75) is 102 Å². The van der Waals surface area contributed by atoms with Crippen LogP contribution in [-0.2, 0) is 42.9 Å². The summed E-state index contributed by atoms with van der Waals surface area (Å²) in [6, 6.07) is 20.3. The number of carbonyl (C=O) groups is 6. The molecule has 0 aromatic heterocycles. The van der Waals surface area contributed by atoms with Crippen molar-refractivity contribution in [3.8, 4) is 0 Å². The summed E-state index contributed by atoms with van der Waals surface area (Å²) in [5, 5.41) is 40.8. The third-order valence-electron chi connectivity index (χ3n) is 13.2. The van der Waals surface area contributed by atoms with E-state index in [0.717, 1.165) is 24.6 Å². The average Bonchev–Trinajstić information content (AvgIpc) is 3.20. The molecule has 0 radical (unpaired) electrons. The number of aliphatic hydroxyl groups excluding tert-OH is 2. The molecule has 15 nitrogen and oxygen atoms in total. The Morgan fingerprint density at radius 2 is 1.55 bits per heavy atom. The molecule has 4 aliphatic rings. The number of hydrogen-bond acceptors (Lipinski definition) is 14. The highest BCUT2D eigenvalue weighted by Gasteiger charge is 2.78. The summed E-state index contributed by atoms with van der Waals surface area (Å²) in [6.07, 6.45) is -10.2. The van der Waals surface area contributed by atoms with Gasteiger partial charge in [0.1, 0.15) is 23.9 Å². The topological polar surface area (TPSA) is 221 Å². The number of nitrogens with one attached hydrogen (secondary N) is 1. The Morgan fingerprint density at radius 1 is 0.883 bits per heavy atom. The second-order valence-corrected chi connectivity index (χ2v) is 17.0. The van der Waals surface area contributed by atoms with Gasteiger partial charge in [-0.2, -0.15) is 0 Å². The first-order valence-electron chi connectivity index (χ1n) is 19.8. The minimum atomic E-state index is -2.36. The maximum Gasteiger partial charge on any atom is 0.338 e. The van der Waals surface area contributed by atoms with Crippen LogP contribution in [0.1, 0.15) is 75.1 Å². The van der Waals surface area contributed by atoms with Crippen molar-refractivity contribution in [3.63, 3.8) is 0 Å². The van der Waals surface area contributed by atoms with Crippen molar-refractivity contribution in [1.29, 1.82) is 0 Å². The molecule has 3 aliphatic carbocycles. The van der Waals surface area contributed by atoms with Crippen molar-refractivity contribution < 1.29 is 67.8 Å². The van der Waals surface area contributed by atoms with Gasteiger partial charge < -0.3 is 44.3 Å². The van der Waals surface area contributed by atoms with Crippen molar-refractivity contribution in [1.82, 2.24) is 5.32 Å². The van der Waals surface area contributed by atoms with Gasteiger partial charge in [0.05, 0.1) is 36.2 Å². The molecule has 0 spiro atoms. The van der Waals surface area contributed by atoms with E-state index in [1.165, 1.54) is 26.0 Å². The maximum absolute atomic E-state index is 15.4. The molecule has 1 heterocycles. The highest BCUT2D eigenvalue weighted by atomic mass is 16.6. The number of Topliss-reactive ketones (excluding diaryl/α,β-unsaturated/α-hetero) is 1. The normalized spacial score (nSPS) is 32.1. The van der Waals surface area contributed by atoms with Gasteiger partial charge in [0.25, 0.3) is 5.91 Å². The number of aliphatic hydroxyl groups is 3. The monoisotopic (exact) mass is 827 g/mol. The number of fused-ring (bicyclic) bond motifs is 6. The minimum absolute atomic E-state index is 0.00880. The molecule has 3 fully saturated rings. The van der Waals surface area contributed by atoms with E-state index in [4.69, 9.17) is 23.7 Å². The number of rotatable bonds is 9. The first-order valence-corrected chi connectivity index (χ1v) is 19.8. The molecule has 3 aromatic rings. The molecule has 2 saturated carbocycles. The van der Waals surface area contributed by atoms with E-state index < -0.39 is 113 Å². The zero-order chi connectivity index (χ0) is 43.5. The number of carbonyl (C=O) groups excluding carboxylic acids is 6. The lowest BCUT2D eigenvalue weighted by molar-refractivity contribution is -0.346. The maximum atomic E-state index is 15.4. The Kier molecular flexibility index (Phi) is 11.0. The Labute approximate surface area is 346 Å². The second kappa shape index (κ2) is 15.5. The summed E-state index contributed by atoms with van der Waals surface area (Å²) in [4.78, 5) is 82.1. The molecule has 1 unspecified atom stereocenters. The highest BCUT2D eigenvalue weighted by molar-refractivity contribution is 5.99. The molecule has 3 aromatic carbocycles. The van der Waals surface area contributed by atoms with Crippen LogP contribution in [0.5, 0.6) is 0 Å². The molecular formula is C45H49NO14. The van der Waals surface area contributed by atoms with Crippen LogP contribution >= 0.6 is 0 Å². The van der Waals surface area contributed by atoms with Crippen molar-refractivity contribution in [2.24, 2.45) is 16.7 Å². The molecule has 15 heteroatoms. The summed E-state index contributed by atoms with van der Waals surface area (Å²) in [5.74, 6) is -6.74. The number of ketones is 1. The van der Waals surface area contributed by atoms with Gasteiger partial charge in [0.15, 0.2) is 23.6 Å². The summed E-state index contributed by atoms with van der Waals surface area (Å²) < 4.78 is 29.9. The molecule has 1 aliphatic heterocycles. The number of benzene rings is 3. The predicted molar refractivity (Wildman–Crippen MR) is 211 cm³/mol. The van der Waals surface area contributed by atoms with Gasteiger partial charge in [-0.25, -0.2) is 9.59 Å². The highest BCUT2D eigenvalue weighted by Crippen LogP contribution is 2.64. The second-order valence-electron chi connectivity index (χ2n) is 17.0. The lowest BCUT2D eigenvalue weighted by Crippen LogP contribution is -2.82. The van der Waals surface area contributed by atoms with Crippen LogP contribution in [0.3, 0.4) is 0 Å². The molecule has 4 N–H and O–H groups in total. The van der Waals surface area contributed by atoms with E-state index in [1.54, 1.807) is 50.2 Å². The molecule has 2 bridgehead atoms. The van der Waals surface area contributed by atoms with Gasteiger partial charge >= 0.3 is 23.9 Å². The molecular weight excluding hydrogens is 778 g/mol. The summed E-state index contributed by atoms with van der Waals surface area (Å²) in [6.45, 7) is 7.42. The van der Waals surface area contributed by atoms with Crippen LogP contribution in [-0.4, -0.2) is 112 Å². The summed E-state index contributed by atoms with van der Waals surface area (Å²) >= 11 is 0. The molecule has 1 saturated heterocycles. The van der Waals surface area contributed by atoms with E-state index in [2.05, 4.69) is 5.32 Å². The third kappa shape index (κ3) is 6.86. The lowest BCUT2D eigenvalue weighted by Gasteiger charge is -2.67. The fourth-order valence-electron chi connectivity index (χ4n) is 9.94. The standard InChI is InChI=1S/C45H49NO14/c1-23-31(58-41(54)30(49)21-46-39(52)29-17-16-26-12-10-11-15-28(26)18-29)20-45(55)38(59-40(53)27-13-8-7-9-14-27)36-43(6,32(50)19-33-44(36,22-56-33)60-25(3)48)37(51)35(57-24(2)47)34(23)42(45,4)5/h7-18,30-33,35-36,38,49-50,55H,19-22H2,1-6H3,(H,46,52)/t30-,31+,32+,33-,35-,36?,38+,43-,44+,45-/m1/s1. The SMILES string of the molecule is CC(=O)O[C@H]1C(=O)[C@@]2(C)C([C@H](OC(=O)c3ccccc3)[C@]3(O)C[C@H](OC(=O)[C@H](O)CNC(=O)c4ccc5ccccc5c4)C(C)=C1C3(C)C)[C@]1(OC(C)=O)CO[C@@H]1C[C@@H]2O. The van der Waals surface area contributed by atoms with Gasteiger partial charge in [-0.3, -0.25) is 19.2 Å². The van der Waals surface area contributed by atoms with E-state index in [-0.39, 0.29) is 35.3 Å². The van der Waals surface area contributed by atoms with Crippen LogP contribution in [0.15, 0.2) is 83.9 Å². The third-order valence-corrected chi connectivity index (χ3v) is 13.2. The Hall–Kier alpha value is -5.48. The van der Waals surface area contributed by atoms with Crippen LogP contribution in [0, 0.1) is 16.7 Å². The molecule has 10 atom stereocenters. The Balaban J connectivity index is 1.31. The molecule has 60 heavy (non-hydrogen) atoms. The van der Waals surface area contributed by atoms with Gasteiger partial charge in [0.2, 0.25) is 0 Å². The lowest BCUT2D eigenvalue weighted by atomic mass is 9.44. The number of ether oxygens (including phenoxy) is 5. The Bertz CT molecular complexity index is 2290. The largest absolute Gasteiger partial charge is 0.456 e. The predicted octanol–water partition coefficient (Wildman–Crippen LogP) is 3.15. The van der Waals surface area contributed by atoms with Crippen molar-refractivity contribution >= 4 is 46.3 Å². The zero-order valence-corrected chi connectivity index (χ0v) is 34.1. The minimum Gasteiger partial charge on any atom is -0.456 e. The Morgan fingerprint density at radius 3 is 2.18 bits per heavy atom. The number of hydrogen-bond donors (Lipinski definition) is 4. The van der Waals surface area contributed by atoms with E-state index in [9.17, 15) is 39.3 Å². The smallest absolute Gasteiger partial charge is 0.338 e. The van der Waals surface area contributed by atoms with Gasteiger partial charge in [-0.15, -0.1) is 0 Å². The van der Waals surface area contributed by atoms with E-state index in [0.29, 0.717) is 0 Å². The number of amides is 1. The first-order chi connectivity index (χ1) is 28.3. The zero-order valence-electron chi connectivity index (χ0n) is 34.1. The molecule has 318 valence electrons. The molecule has 7 rings (SSSR count). The first kappa shape index (κ1) is 42.6. The quantitative estimate of drug-likeness (QED) is 0.138. The fraction of sp³-hybridized carbons (Fsp3) is 0.467. The van der Waals surface area contributed by atoms with Crippen LogP contribution in [0.2, 0.25) is 0 Å². The fourth-order valence-corrected chi connectivity index (χ4v) is 9.94. The molecule has 1 amide bonds. The van der Waals surface area contributed by atoms with Crippen LogP contribution in [0.25, 0.3) is 10.8 Å². The van der Waals surface area contributed by atoms with E-state index >= 15 is 4.79 Å². The van der Waals surface area contributed by atoms with Gasteiger partial charge in [-0.05, 0) is 60.0 Å². The van der Waals surface area contributed by atoms with Crippen LogP contribution in [0.4, 0.5) is 0 Å². The van der Waals surface area contributed by atoms with Crippen molar-refractivity contribution in [2.75, 3.05) is 13.2 Å². The van der Waals surface area contributed by atoms with Gasteiger partial charge in [0, 0.05) is 37.7 Å². The summed E-state index contributed by atoms with van der Waals surface area (Å²) in [5.41, 5.74) is -7.23. The average molecular weight is 828 g/mol.